The molecular weight excluding hydrogens is 347 g/mol. The van der Waals surface area contributed by atoms with Crippen molar-refractivity contribution in [2.24, 2.45) is 0 Å². The van der Waals surface area contributed by atoms with E-state index in [1.165, 1.54) is 17.0 Å². The number of hydrogen-bond donors (Lipinski definition) is 0. The van der Waals surface area contributed by atoms with E-state index in [1.807, 2.05) is 0 Å². The highest BCUT2D eigenvalue weighted by Crippen LogP contribution is 2.17. The lowest BCUT2D eigenvalue weighted by molar-refractivity contribution is 0.0529. The van der Waals surface area contributed by atoms with Crippen LogP contribution in [-0.4, -0.2) is 58.0 Å². The summed E-state index contributed by atoms with van der Waals surface area (Å²) in [6, 6.07) is 7.33. The Balaban J connectivity index is 1.64. The number of halogens is 2. The number of amides is 2. The van der Waals surface area contributed by atoms with Crippen LogP contribution >= 0.6 is 11.6 Å². The first-order valence-electron chi connectivity index (χ1n) is 7.79. The average molecular weight is 363 g/mol. The molecule has 1 aliphatic heterocycles. The summed E-state index contributed by atoms with van der Waals surface area (Å²) >= 11 is 5.71. The molecule has 0 N–H and O–H groups in total. The maximum absolute atomic E-state index is 13.9. The molecular formula is C17H16ClFN4O2. The van der Waals surface area contributed by atoms with Gasteiger partial charge in [0.25, 0.3) is 11.8 Å². The molecule has 130 valence electrons. The molecule has 3 rings (SSSR count). The van der Waals surface area contributed by atoms with E-state index in [9.17, 15) is 14.0 Å². The van der Waals surface area contributed by atoms with Crippen LogP contribution in [0.2, 0.25) is 5.02 Å². The molecule has 0 bridgehead atoms. The predicted molar refractivity (Wildman–Crippen MR) is 90.0 cm³/mol. The summed E-state index contributed by atoms with van der Waals surface area (Å²) in [6.45, 7) is 3.16. The van der Waals surface area contributed by atoms with Gasteiger partial charge < -0.3 is 9.80 Å². The Labute approximate surface area is 149 Å². The number of benzene rings is 1. The van der Waals surface area contributed by atoms with Gasteiger partial charge in [-0.25, -0.2) is 4.39 Å². The van der Waals surface area contributed by atoms with Crippen molar-refractivity contribution in [2.45, 2.75) is 6.92 Å². The van der Waals surface area contributed by atoms with E-state index >= 15 is 0 Å². The molecule has 1 fully saturated rings. The fraction of sp³-hybridized carbons (Fsp3) is 0.294. The van der Waals surface area contributed by atoms with Crippen molar-refractivity contribution in [3.05, 3.63) is 58.1 Å². The number of carbonyl (C=O) groups excluding carboxylic acids is 2. The first-order valence-corrected chi connectivity index (χ1v) is 8.17. The number of hydrogen-bond acceptors (Lipinski definition) is 4. The summed E-state index contributed by atoms with van der Waals surface area (Å²) in [6.07, 6.45) is 0. The lowest BCUT2D eigenvalue weighted by atomic mass is 10.1. The Morgan fingerprint density at radius 2 is 1.64 bits per heavy atom. The number of rotatable bonds is 2. The topological polar surface area (TPSA) is 66.4 Å². The van der Waals surface area contributed by atoms with Crippen LogP contribution in [-0.2, 0) is 0 Å². The van der Waals surface area contributed by atoms with Gasteiger partial charge in [-0.2, -0.15) is 5.10 Å². The Hall–Kier alpha value is -2.54. The first-order chi connectivity index (χ1) is 12.0. The summed E-state index contributed by atoms with van der Waals surface area (Å²) < 4.78 is 13.9. The minimum Gasteiger partial charge on any atom is -0.335 e. The summed E-state index contributed by atoms with van der Waals surface area (Å²) in [7, 11) is 0. The highest BCUT2D eigenvalue weighted by Gasteiger charge is 2.27. The molecule has 0 spiro atoms. The number of carbonyl (C=O) groups is 2. The largest absolute Gasteiger partial charge is 0.335 e. The summed E-state index contributed by atoms with van der Waals surface area (Å²) in [4.78, 5) is 28.0. The van der Waals surface area contributed by atoms with E-state index < -0.39 is 11.7 Å². The Bertz CT molecular complexity index is 805. The van der Waals surface area contributed by atoms with E-state index in [0.29, 0.717) is 26.2 Å². The van der Waals surface area contributed by atoms with Crippen molar-refractivity contribution < 1.29 is 14.0 Å². The van der Waals surface area contributed by atoms with Crippen LogP contribution in [0, 0.1) is 12.7 Å². The summed E-state index contributed by atoms with van der Waals surface area (Å²) in [5.74, 6) is -1.28. The van der Waals surface area contributed by atoms with Crippen molar-refractivity contribution in [1.29, 1.82) is 0 Å². The van der Waals surface area contributed by atoms with Gasteiger partial charge in [0.05, 0.1) is 11.3 Å². The maximum atomic E-state index is 13.9. The lowest BCUT2D eigenvalue weighted by Gasteiger charge is -2.34. The molecule has 0 radical (unpaired) electrons. The van der Waals surface area contributed by atoms with Gasteiger partial charge in [-0.1, -0.05) is 11.6 Å². The minimum atomic E-state index is -0.647. The van der Waals surface area contributed by atoms with Crippen molar-refractivity contribution >= 4 is 23.4 Å². The third kappa shape index (κ3) is 3.76. The highest BCUT2D eigenvalue weighted by atomic mass is 35.5. The van der Waals surface area contributed by atoms with Crippen LogP contribution in [0.25, 0.3) is 0 Å². The normalized spacial score (nSPS) is 14.5. The van der Waals surface area contributed by atoms with Crippen molar-refractivity contribution in [3.8, 4) is 0 Å². The van der Waals surface area contributed by atoms with Crippen LogP contribution in [0.1, 0.15) is 26.5 Å². The van der Waals surface area contributed by atoms with Gasteiger partial charge in [-0.3, -0.25) is 9.59 Å². The number of piperazine rings is 1. The van der Waals surface area contributed by atoms with Crippen molar-refractivity contribution in [2.75, 3.05) is 26.2 Å². The second-order valence-electron chi connectivity index (χ2n) is 5.77. The van der Waals surface area contributed by atoms with E-state index in [-0.39, 0.29) is 22.2 Å². The number of aryl methyl sites for hydroxylation is 1. The molecule has 1 aromatic heterocycles. The Kier molecular flexibility index (Phi) is 4.94. The maximum Gasteiger partial charge on any atom is 0.274 e. The summed E-state index contributed by atoms with van der Waals surface area (Å²) in [5.41, 5.74) is 0.986. The zero-order valence-electron chi connectivity index (χ0n) is 13.6. The van der Waals surface area contributed by atoms with Crippen LogP contribution in [0.15, 0.2) is 30.3 Å². The SMILES string of the molecule is Cc1ccc(C(=O)N2CCN(C(=O)c3ccc(Cl)cc3F)CC2)nn1. The van der Waals surface area contributed by atoms with Crippen LogP contribution in [0.5, 0.6) is 0 Å². The number of nitrogens with zero attached hydrogens (tertiary/aromatic N) is 4. The fourth-order valence-corrected chi connectivity index (χ4v) is 2.78. The molecule has 2 aromatic rings. The van der Waals surface area contributed by atoms with E-state index in [1.54, 1.807) is 24.0 Å². The molecule has 25 heavy (non-hydrogen) atoms. The van der Waals surface area contributed by atoms with Gasteiger partial charge in [0, 0.05) is 31.2 Å². The fourth-order valence-electron chi connectivity index (χ4n) is 2.62. The van der Waals surface area contributed by atoms with Crippen LogP contribution in [0.4, 0.5) is 4.39 Å². The molecule has 6 nitrogen and oxygen atoms in total. The van der Waals surface area contributed by atoms with Gasteiger partial charge in [0.2, 0.25) is 0 Å². The van der Waals surface area contributed by atoms with E-state index in [0.717, 1.165) is 11.8 Å². The molecule has 0 aliphatic carbocycles. The first kappa shape index (κ1) is 17.3. The zero-order valence-corrected chi connectivity index (χ0v) is 14.3. The molecule has 0 unspecified atom stereocenters. The van der Waals surface area contributed by atoms with Gasteiger partial charge in [-0.15, -0.1) is 5.10 Å². The monoisotopic (exact) mass is 362 g/mol. The highest BCUT2D eigenvalue weighted by molar-refractivity contribution is 6.30. The third-order valence-electron chi connectivity index (χ3n) is 4.03. The molecule has 8 heteroatoms. The van der Waals surface area contributed by atoms with Gasteiger partial charge in [0.1, 0.15) is 5.82 Å². The second kappa shape index (κ2) is 7.14. The lowest BCUT2D eigenvalue weighted by Crippen LogP contribution is -2.50. The molecule has 2 heterocycles. The van der Waals surface area contributed by atoms with Gasteiger partial charge in [0.15, 0.2) is 5.69 Å². The summed E-state index contributed by atoms with van der Waals surface area (Å²) in [5, 5.41) is 8.01. The van der Waals surface area contributed by atoms with Crippen LogP contribution in [0.3, 0.4) is 0 Å². The van der Waals surface area contributed by atoms with Crippen molar-refractivity contribution in [1.82, 2.24) is 20.0 Å². The standard InChI is InChI=1S/C17H16ClFN4O2/c1-11-2-5-15(21-20-11)17(25)23-8-6-22(7-9-23)16(24)13-4-3-12(18)10-14(13)19/h2-5,10H,6-9H2,1H3. The van der Waals surface area contributed by atoms with E-state index in [2.05, 4.69) is 10.2 Å². The number of aromatic nitrogens is 2. The Morgan fingerprint density at radius 1 is 1.00 bits per heavy atom. The molecule has 2 amide bonds. The van der Waals surface area contributed by atoms with E-state index in [4.69, 9.17) is 11.6 Å². The van der Waals surface area contributed by atoms with Crippen LogP contribution < -0.4 is 0 Å². The van der Waals surface area contributed by atoms with Crippen molar-refractivity contribution in [3.63, 3.8) is 0 Å². The predicted octanol–water partition coefficient (Wildman–Crippen LogP) is 2.18. The Morgan fingerprint density at radius 3 is 2.20 bits per heavy atom. The average Bonchev–Trinajstić information content (AvgIpc) is 2.61. The molecule has 1 aromatic carbocycles. The molecule has 1 aliphatic rings. The quantitative estimate of drug-likeness (QED) is 0.821. The minimum absolute atomic E-state index is 0.0198. The zero-order chi connectivity index (χ0) is 18.0. The third-order valence-corrected chi connectivity index (χ3v) is 4.27. The van der Waals surface area contributed by atoms with Gasteiger partial charge >= 0.3 is 0 Å². The molecule has 0 saturated carbocycles. The molecule has 0 atom stereocenters. The van der Waals surface area contributed by atoms with Gasteiger partial charge in [-0.05, 0) is 37.3 Å². The molecule has 1 saturated heterocycles. The second-order valence-corrected chi connectivity index (χ2v) is 6.20. The smallest absolute Gasteiger partial charge is 0.274 e.